The molecular formula is C20H19BrN4O6. The largest absolute Gasteiger partial charge is 0.436 e. The zero-order valence-electron chi connectivity index (χ0n) is 16.6. The number of carbonyl (C=O) groups excluding carboxylic acids is 5. The number of hydrogen-bond acceptors (Lipinski definition) is 6. The van der Waals surface area contributed by atoms with Crippen molar-refractivity contribution in [3.05, 3.63) is 29.3 Å². The molecule has 0 radical (unpaired) electrons. The molecule has 1 fully saturated rings. The lowest BCUT2D eigenvalue weighted by Crippen LogP contribution is -2.52. The Kier molecular flexibility index (Phi) is 6.91. The van der Waals surface area contributed by atoms with Crippen molar-refractivity contribution >= 4 is 51.3 Å². The lowest BCUT2D eigenvalue weighted by atomic mass is 10.0. The third kappa shape index (κ3) is 5.03. The summed E-state index contributed by atoms with van der Waals surface area (Å²) >= 11 is 2.88. The number of rotatable bonds is 5. The summed E-state index contributed by atoms with van der Waals surface area (Å²) in [6.45, 7) is -0.254. The molecule has 0 aliphatic carbocycles. The second-order valence-corrected chi connectivity index (χ2v) is 7.36. The van der Waals surface area contributed by atoms with Crippen molar-refractivity contribution < 1.29 is 28.7 Å². The Morgan fingerprint density at radius 3 is 2.84 bits per heavy atom. The molecule has 0 aromatic heterocycles. The molecule has 0 bridgehead atoms. The van der Waals surface area contributed by atoms with Crippen molar-refractivity contribution in [3.63, 3.8) is 0 Å². The third-order valence-corrected chi connectivity index (χ3v) is 5.16. The number of anilines is 1. The van der Waals surface area contributed by atoms with Gasteiger partial charge in [-0.25, -0.2) is 4.79 Å². The number of amides is 5. The summed E-state index contributed by atoms with van der Waals surface area (Å²) in [6, 6.07) is 4.14. The highest BCUT2D eigenvalue weighted by molar-refractivity contribution is 9.12. The number of hydrogen-bond donors (Lipinski definition) is 2. The van der Waals surface area contributed by atoms with Crippen molar-refractivity contribution in [3.8, 4) is 10.8 Å². The molecule has 3 rings (SSSR count). The Morgan fingerprint density at radius 2 is 2.13 bits per heavy atom. The first-order valence-electron chi connectivity index (χ1n) is 9.34. The molecule has 1 aromatic rings. The molecule has 1 unspecified atom stereocenters. The van der Waals surface area contributed by atoms with Gasteiger partial charge in [-0.05, 0) is 29.3 Å². The van der Waals surface area contributed by atoms with Crippen LogP contribution in [0, 0.1) is 10.8 Å². The van der Waals surface area contributed by atoms with Gasteiger partial charge >= 0.3 is 6.09 Å². The van der Waals surface area contributed by atoms with Gasteiger partial charge in [0.1, 0.15) is 12.6 Å². The molecule has 2 heterocycles. The molecule has 5 amide bonds. The van der Waals surface area contributed by atoms with Gasteiger partial charge in [0.15, 0.2) is 6.61 Å². The number of ether oxygens (including phenoxy) is 1. The first-order chi connectivity index (χ1) is 14.8. The Labute approximate surface area is 186 Å². The van der Waals surface area contributed by atoms with Gasteiger partial charge in [0.05, 0.1) is 0 Å². The van der Waals surface area contributed by atoms with E-state index in [2.05, 4.69) is 37.3 Å². The smallest absolute Gasteiger partial charge is 0.410 e. The van der Waals surface area contributed by atoms with Crippen LogP contribution >= 0.6 is 15.9 Å². The lowest BCUT2D eigenvalue weighted by Gasteiger charge is -2.29. The molecule has 31 heavy (non-hydrogen) atoms. The molecule has 0 saturated carbocycles. The van der Waals surface area contributed by atoms with E-state index in [1.807, 2.05) is 0 Å². The number of nitrogens with one attached hydrogen (secondary N) is 2. The topological polar surface area (TPSA) is 125 Å². The highest BCUT2D eigenvalue weighted by Gasteiger charge is 2.39. The highest BCUT2D eigenvalue weighted by atomic mass is 79.9. The number of fused-ring (bicyclic) bond motifs is 1. The van der Waals surface area contributed by atoms with E-state index in [9.17, 15) is 24.0 Å². The predicted octanol–water partition coefficient (Wildman–Crippen LogP) is 0.810. The molecule has 2 N–H and O–H groups in total. The van der Waals surface area contributed by atoms with Crippen LogP contribution in [0.4, 0.5) is 10.5 Å². The van der Waals surface area contributed by atoms with E-state index in [0.29, 0.717) is 16.8 Å². The Hall–Kier alpha value is -3.39. The standard InChI is InChI=1S/C20H19BrN4O6/c1-24(20(30)31-9-3-8-21)11-17(27)22-14-5-2-4-12-13(14)10-25(19(12)29)15-6-7-16(26)23-18(15)28/h2,4-5,15H,6-7,9-11H2,1H3,(H,22,27)(H,23,26,28). The van der Waals surface area contributed by atoms with Crippen LogP contribution in [-0.4, -0.2) is 65.8 Å². The van der Waals surface area contributed by atoms with E-state index in [-0.39, 0.29) is 44.4 Å². The minimum absolute atomic E-state index is 0.111. The van der Waals surface area contributed by atoms with E-state index in [4.69, 9.17) is 4.74 Å². The Morgan fingerprint density at radius 1 is 1.35 bits per heavy atom. The first kappa shape index (κ1) is 22.3. The molecule has 10 nitrogen and oxygen atoms in total. The summed E-state index contributed by atoms with van der Waals surface area (Å²) in [5, 5.41) is 4.95. The maximum atomic E-state index is 12.8. The van der Waals surface area contributed by atoms with Crippen LogP contribution in [0.3, 0.4) is 0 Å². The number of imide groups is 1. The van der Waals surface area contributed by atoms with Crippen LogP contribution in [0.1, 0.15) is 28.8 Å². The van der Waals surface area contributed by atoms with Gasteiger partial charge < -0.3 is 19.9 Å². The molecule has 1 atom stereocenters. The maximum absolute atomic E-state index is 12.8. The number of nitrogens with zero attached hydrogens (tertiary/aromatic N) is 2. The van der Waals surface area contributed by atoms with Crippen LogP contribution < -0.4 is 10.6 Å². The van der Waals surface area contributed by atoms with Crippen LogP contribution in [0.25, 0.3) is 0 Å². The van der Waals surface area contributed by atoms with Crippen molar-refractivity contribution in [1.82, 2.24) is 15.1 Å². The summed E-state index contributed by atoms with van der Waals surface area (Å²) in [6.07, 6.45) is -0.301. The molecule has 11 heteroatoms. The summed E-state index contributed by atoms with van der Waals surface area (Å²) in [7, 11) is 1.41. The molecule has 162 valence electrons. The van der Waals surface area contributed by atoms with Crippen LogP contribution in [-0.2, 0) is 25.7 Å². The summed E-state index contributed by atoms with van der Waals surface area (Å²) < 4.78 is 4.87. The van der Waals surface area contributed by atoms with Crippen molar-refractivity contribution in [2.45, 2.75) is 25.4 Å². The first-order valence-corrected chi connectivity index (χ1v) is 10.1. The van der Waals surface area contributed by atoms with Gasteiger partial charge in [-0.15, -0.1) is 0 Å². The van der Waals surface area contributed by atoms with E-state index >= 15 is 0 Å². The quantitative estimate of drug-likeness (QED) is 0.464. The van der Waals surface area contributed by atoms with Gasteiger partial charge in [-0.3, -0.25) is 24.5 Å². The second-order valence-electron chi connectivity index (χ2n) is 6.96. The zero-order chi connectivity index (χ0) is 22.5. The molecular weight excluding hydrogens is 472 g/mol. The molecule has 0 spiro atoms. The minimum Gasteiger partial charge on any atom is -0.436 e. The molecule has 1 saturated heterocycles. The fourth-order valence-corrected chi connectivity index (χ4v) is 3.52. The Balaban J connectivity index is 1.67. The third-order valence-electron chi connectivity index (χ3n) is 4.88. The van der Waals surface area contributed by atoms with Crippen molar-refractivity contribution in [2.75, 3.05) is 25.5 Å². The minimum atomic E-state index is -0.746. The SMILES string of the molecule is CN(CC(=O)Nc1cccc2c1CN(C1CCC(=O)NC1=O)C2=O)C(=O)OCC#CBr. The summed E-state index contributed by atoms with van der Waals surface area (Å²) in [5.41, 5.74) is 1.37. The summed E-state index contributed by atoms with van der Waals surface area (Å²) in [4.78, 5) is 65.5. The second kappa shape index (κ2) is 9.61. The highest BCUT2D eigenvalue weighted by Crippen LogP contribution is 2.32. The van der Waals surface area contributed by atoms with Crippen LogP contribution in [0.15, 0.2) is 18.2 Å². The Bertz CT molecular complexity index is 1010. The lowest BCUT2D eigenvalue weighted by molar-refractivity contribution is -0.137. The number of benzene rings is 1. The number of piperidine rings is 1. The normalized spacial score (nSPS) is 17.3. The van der Waals surface area contributed by atoms with Crippen molar-refractivity contribution in [2.24, 2.45) is 0 Å². The van der Waals surface area contributed by atoms with E-state index in [1.54, 1.807) is 18.2 Å². The van der Waals surface area contributed by atoms with Gasteiger partial charge in [-0.1, -0.05) is 6.07 Å². The average Bonchev–Trinajstić information content (AvgIpc) is 3.05. The van der Waals surface area contributed by atoms with E-state index in [0.717, 1.165) is 4.90 Å². The van der Waals surface area contributed by atoms with E-state index in [1.165, 1.54) is 11.9 Å². The van der Waals surface area contributed by atoms with Gasteiger partial charge in [0.25, 0.3) is 5.91 Å². The fourth-order valence-electron chi connectivity index (χ4n) is 3.41. The van der Waals surface area contributed by atoms with E-state index < -0.39 is 23.9 Å². The zero-order valence-corrected chi connectivity index (χ0v) is 18.2. The predicted molar refractivity (Wildman–Crippen MR) is 112 cm³/mol. The molecule has 2 aliphatic rings. The molecule has 2 aliphatic heterocycles. The van der Waals surface area contributed by atoms with Crippen LogP contribution in [0.2, 0.25) is 0 Å². The number of carbonyl (C=O) groups is 5. The number of likely N-dealkylation sites (N-methyl/N-ethyl adjacent to an activating group) is 1. The molecule has 1 aromatic carbocycles. The maximum Gasteiger partial charge on any atom is 0.410 e. The summed E-state index contributed by atoms with van der Waals surface area (Å²) in [5.74, 6) is 0.822. The van der Waals surface area contributed by atoms with Gasteiger partial charge in [0.2, 0.25) is 17.7 Å². The fraction of sp³-hybridized carbons (Fsp3) is 0.350. The number of halogens is 1. The van der Waals surface area contributed by atoms with Crippen LogP contribution in [0.5, 0.6) is 0 Å². The van der Waals surface area contributed by atoms with Gasteiger partial charge in [0, 0.05) is 52.8 Å². The average molecular weight is 491 g/mol. The van der Waals surface area contributed by atoms with Gasteiger partial charge in [-0.2, -0.15) is 0 Å². The van der Waals surface area contributed by atoms with Crippen molar-refractivity contribution in [1.29, 1.82) is 0 Å². The monoisotopic (exact) mass is 490 g/mol.